The number of rotatable bonds is 6. The van der Waals surface area contributed by atoms with Gasteiger partial charge in [-0.2, -0.15) is 0 Å². The number of hydrogen-bond donors (Lipinski definition) is 0. The smallest absolute Gasteiger partial charge is 0.164 e. The van der Waals surface area contributed by atoms with E-state index in [2.05, 4.69) is 140 Å². The van der Waals surface area contributed by atoms with E-state index in [0.29, 0.717) is 17.5 Å². The largest absolute Gasteiger partial charge is 0.456 e. The van der Waals surface area contributed by atoms with Crippen LogP contribution >= 0.6 is 11.3 Å². The summed E-state index contributed by atoms with van der Waals surface area (Å²) in [5, 5.41) is 4.60. The first-order valence-electron chi connectivity index (χ1n) is 18.7. The van der Waals surface area contributed by atoms with E-state index in [0.717, 1.165) is 55.3 Å². The number of benzene rings is 8. The van der Waals surface area contributed by atoms with E-state index in [-0.39, 0.29) is 0 Å². The van der Waals surface area contributed by atoms with Gasteiger partial charge in [-0.1, -0.05) is 146 Å². The van der Waals surface area contributed by atoms with Gasteiger partial charge >= 0.3 is 0 Å². The molecule has 3 aromatic heterocycles. The highest BCUT2D eigenvalue weighted by Gasteiger charge is 2.19. The third kappa shape index (κ3) is 5.65. The third-order valence-electron chi connectivity index (χ3n) is 10.6. The Kier molecular flexibility index (Phi) is 7.64. The number of nitrogens with zero attached hydrogens (tertiary/aromatic N) is 3. The summed E-state index contributed by atoms with van der Waals surface area (Å²) in [6.07, 6.45) is 0. The molecule has 11 rings (SSSR count). The second kappa shape index (κ2) is 13.3. The lowest BCUT2D eigenvalue weighted by molar-refractivity contribution is 0.669. The Hall–Kier alpha value is -7.21. The monoisotopic (exact) mass is 733 g/mol. The molecule has 0 N–H and O–H groups in total. The van der Waals surface area contributed by atoms with Crippen LogP contribution < -0.4 is 0 Å². The molecule has 0 aliphatic carbocycles. The van der Waals surface area contributed by atoms with Gasteiger partial charge < -0.3 is 4.42 Å². The van der Waals surface area contributed by atoms with Gasteiger partial charge in [-0.25, -0.2) is 15.0 Å². The topological polar surface area (TPSA) is 51.8 Å². The Bertz CT molecular complexity index is 3240. The lowest BCUT2D eigenvalue weighted by Crippen LogP contribution is -2.00. The zero-order chi connectivity index (χ0) is 37.0. The van der Waals surface area contributed by atoms with Crippen molar-refractivity contribution in [2.24, 2.45) is 0 Å². The van der Waals surface area contributed by atoms with Crippen LogP contribution in [0.3, 0.4) is 0 Å². The minimum absolute atomic E-state index is 0.595. The van der Waals surface area contributed by atoms with Gasteiger partial charge in [0.15, 0.2) is 17.5 Å². The van der Waals surface area contributed by atoms with E-state index in [9.17, 15) is 0 Å². The van der Waals surface area contributed by atoms with Crippen molar-refractivity contribution >= 4 is 53.4 Å². The summed E-state index contributed by atoms with van der Waals surface area (Å²) >= 11 is 1.85. The molecule has 0 saturated heterocycles. The molecule has 262 valence electrons. The van der Waals surface area contributed by atoms with Gasteiger partial charge in [-0.3, -0.25) is 0 Å². The fourth-order valence-corrected chi connectivity index (χ4v) is 8.85. The SMILES string of the molecule is c1ccc(-c2ccc(-c3nc(-c4ccccc4)nc(-c4cccc5oc6ccc(-c7cccc(-c8ccc9sc%10ccccc%10c9c8)c7)cc6c45)n3)cc2)cc1. The van der Waals surface area contributed by atoms with Crippen molar-refractivity contribution in [2.45, 2.75) is 0 Å². The van der Waals surface area contributed by atoms with Crippen LogP contribution in [0.4, 0.5) is 0 Å². The molecule has 0 atom stereocenters. The quantitative estimate of drug-likeness (QED) is 0.171. The van der Waals surface area contributed by atoms with Gasteiger partial charge in [0.1, 0.15) is 11.2 Å². The predicted molar refractivity (Wildman–Crippen MR) is 233 cm³/mol. The van der Waals surface area contributed by atoms with Crippen LogP contribution in [0.15, 0.2) is 192 Å². The summed E-state index contributed by atoms with van der Waals surface area (Å²) < 4.78 is 9.10. The van der Waals surface area contributed by atoms with Crippen molar-refractivity contribution in [3.8, 4) is 67.5 Å². The maximum atomic E-state index is 6.48. The van der Waals surface area contributed by atoms with E-state index < -0.39 is 0 Å². The first kappa shape index (κ1) is 32.2. The molecular formula is C51H31N3OS. The summed E-state index contributed by atoms with van der Waals surface area (Å²) in [6.45, 7) is 0. The summed E-state index contributed by atoms with van der Waals surface area (Å²) in [7, 11) is 0. The van der Waals surface area contributed by atoms with Crippen molar-refractivity contribution in [2.75, 3.05) is 0 Å². The molecule has 0 fully saturated rings. The Morgan fingerprint density at radius 3 is 1.61 bits per heavy atom. The number of fused-ring (bicyclic) bond motifs is 6. The van der Waals surface area contributed by atoms with Crippen LogP contribution in [0.5, 0.6) is 0 Å². The molecular weight excluding hydrogens is 703 g/mol. The Morgan fingerprint density at radius 1 is 0.321 bits per heavy atom. The average molecular weight is 734 g/mol. The number of furan rings is 1. The lowest BCUT2D eigenvalue weighted by atomic mass is 9.96. The second-order valence-corrected chi connectivity index (χ2v) is 15.1. The van der Waals surface area contributed by atoms with Crippen LogP contribution in [-0.4, -0.2) is 15.0 Å². The van der Waals surface area contributed by atoms with E-state index >= 15 is 0 Å². The van der Waals surface area contributed by atoms with Gasteiger partial charge in [-0.05, 0) is 75.8 Å². The third-order valence-corrected chi connectivity index (χ3v) is 11.7. The number of aromatic nitrogens is 3. The molecule has 11 aromatic rings. The fourth-order valence-electron chi connectivity index (χ4n) is 7.76. The zero-order valence-electron chi connectivity index (χ0n) is 30.1. The number of thiophene rings is 1. The minimum Gasteiger partial charge on any atom is -0.456 e. The molecule has 0 radical (unpaired) electrons. The van der Waals surface area contributed by atoms with E-state index in [4.69, 9.17) is 19.4 Å². The molecule has 5 heteroatoms. The van der Waals surface area contributed by atoms with Crippen LogP contribution in [0, 0.1) is 0 Å². The Labute approximate surface area is 327 Å². The highest BCUT2D eigenvalue weighted by molar-refractivity contribution is 7.25. The van der Waals surface area contributed by atoms with Crippen LogP contribution in [0.2, 0.25) is 0 Å². The van der Waals surface area contributed by atoms with Gasteiger partial charge in [0.2, 0.25) is 0 Å². The molecule has 0 spiro atoms. The molecule has 0 amide bonds. The maximum absolute atomic E-state index is 6.48. The number of hydrogen-bond acceptors (Lipinski definition) is 5. The van der Waals surface area contributed by atoms with Crippen molar-refractivity contribution < 1.29 is 4.42 Å². The summed E-state index contributed by atoms with van der Waals surface area (Å²) in [6, 6.07) is 65.8. The molecule has 56 heavy (non-hydrogen) atoms. The van der Waals surface area contributed by atoms with Crippen LogP contribution in [0.1, 0.15) is 0 Å². The van der Waals surface area contributed by atoms with E-state index in [1.807, 2.05) is 59.9 Å². The Balaban J connectivity index is 1.03. The lowest BCUT2D eigenvalue weighted by Gasteiger charge is -2.10. The van der Waals surface area contributed by atoms with Gasteiger partial charge in [0, 0.05) is 47.6 Å². The predicted octanol–water partition coefficient (Wildman–Crippen LogP) is 14.1. The maximum Gasteiger partial charge on any atom is 0.164 e. The zero-order valence-corrected chi connectivity index (χ0v) is 30.9. The van der Waals surface area contributed by atoms with Crippen molar-refractivity contribution in [1.29, 1.82) is 0 Å². The molecule has 0 unspecified atom stereocenters. The first-order valence-corrected chi connectivity index (χ1v) is 19.5. The summed E-state index contributed by atoms with van der Waals surface area (Å²) in [5.41, 5.74) is 11.3. The fraction of sp³-hybridized carbons (Fsp3) is 0. The van der Waals surface area contributed by atoms with Crippen LogP contribution in [0.25, 0.3) is 110 Å². The van der Waals surface area contributed by atoms with Crippen molar-refractivity contribution in [3.05, 3.63) is 188 Å². The summed E-state index contributed by atoms with van der Waals surface area (Å²) in [4.78, 5) is 15.2. The standard InChI is InChI=1S/C51H31N3OS/c1-3-11-32(12-4-1)33-21-23-35(24-22-33)50-52-49(34-13-5-2-6-14-34)53-51(54-50)41-18-10-19-45-48(41)43-31-38(25-27-44(43)55-45)36-15-9-16-37(29-36)39-26-28-47-42(30-39)40-17-7-8-20-46(40)56-47/h1-31H. The second-order valence-electron chi connectivity index (χ2n) is 14.0. The van der Waals surface area contributed by atoms with Crippen LogP contribution in [-0.2, 0) is 0 Å². The molecule has 0 aliphatic heterocycles. The van der Waals surface area contributed by atoms with Gasteiger partial charge in [-0.15, -0.1) is 11.3 Å². The van der Waals surface area contributed by atoms with E-state index in [1.165, 1.54) is 36.9 Å². The molecule has 4 nitrogen and oxygen atoms in total. The van der Waals surface area contributed by atoms with Gasteiger partial charge in [0.05, 0.1) is 0 Å². The van der Waals surface area contributed by atoms with Crippen molar-refractivity contribution in [3.63, 3.8) is 0 Å². The molecule has 0 saturated carbocycles. The highest BCUT2D eigenvalue weighted by Crippen LogP contribution is 2.40. The Morgan fingerprint density at radius 2 is 0.839 bits per heavy atom. The highest BCUT2D eigenvalue weighted by atomic mass is 32.1. The molecule has 0 aliphatic rings. The van der Waals surface area contributed by atoms with Crippen molar-refractivity contribution in [1.82, 2.24) is 15.0 Å². The first-order chi connectivity index (χ1) is 27.7. The normalized spacial score (nSPS) is 11.6. The van der Waals surface area contributed by atoms with Gasteiger partial charge in [0.25, 0.3) is 0 Å². The van der Waals surface area contributed by atoms with E-state index in [1.54, 1.807) is 0 Å². The molecule has 3 heterocycles. The summed E-state index contributed by atoms with van der Waals surface area (Å²) in [5.74, 6) is 1.83. The molecule has 8 aromatic carbocycles. The minimum atomic E-state index is 0.595. The molecule has 0 bridgehead atoms. The average Bonchev–Trinajstić information content (AvgIpc) is 3.85.